The van der Waals surface area contributed by atoms with E-state index in [9.17, 15) is 10.1 Å². The van der Waals surface area contributed by atoms with Gasteiger partial charge in [-0.2, -0.15) is 4.98 Å². The summed E-state index contributed by atoms with van der Waals surface area (Å²) in [6.07, 6.45) is 3.60. The van der Waals surface area contributed by atoms with Crippen molar-refractivity contribution in [1.29, 1.82) is 0 Å². The molecule has 1 fully saturated rings. The fourth-order valence-corrected chi connectivity index (χ4v) is 2.41. The molecule has 1 aromatic heterocycles. The van der Waals surface area contributed by atoms with Crippen LogP contribution in [0.5, 0.6) is 0 Å². The molecule has 1 aliphatic rings. The van der Waals surface area contributed by atoms with E-state index in [1.807, 2.05) is 0 Å². The summed E-state index contributed by atoms with van der Waals surface area (Å²) < 4.78 is 5.52. The highest BCUT2D eigenvalue weighted by Crippen LogP contribution is 2.23. The molecule has 1 aromatic carbocycles. The van der Waals surface area contributed by atoms with E-state index < -0.39 is 4.92 Å². The standard InChI is InChI=1S/C13H16N4O3/c18-17(19)10-4-5-12-11(7-10)16-13(20-12)15-8-9-3-1-2-6-14-9/h4-5,7,9,14H,1-3,6,8H2,(H,15,16)/t9-/m0/s1. The zero-order chi connectivity index (χ0) is 13.9. The predicted molar refractivity (Wildman–Crippen MR) is 74.8 cm³/mol. The Labute approximate surface area is 115 Å². The molecule has 7 heteroatoms. The summed E-state index contributed by atoms with van der Waals surface area (Å²) in [6.45, 7) is 1.79. The van der Waals surface area contributed by atoms with Gasteiger partial charge in [0.15, 0.2) is 5.58 Å². The molecular weight excluding hydrogens is 260 g/mol. The van der Waals surface area contributed by atoms with Gasteiger partial charge in [0.05, 0.1) is 4.92 Å². The maximum atomic E-state index is 10.7. The number of piperidine rings is 1. The van der Waals surface area contributed by atoms with Gasteiger partial charge in [0.25, 0.3) is 11.7 Å². The molecule has 0 spiro atoms. The van der Waals surface area contributed by atoms with Crippen molar-refractivity contribution in [2.75, 3.05) is 18.4 Å². The molecule has 2 heterocycles. The summed E-state index contributed by atoms with van der Waals surface area (Å²) in [5.74, 6) is 0. The fourth-order valence-electron chi connectivity index (χ4n) is 2.41. The predicted octanol–water partition coefficient (Wildman–Crippen LogP) is 2.29. The maximum Gasteiger partial charge on any atom is 0.295 e. The van der Waals surface area contributed by atoms with Gasteiger partial charge in [-0.1, -0.05) is 6.42 Å². The molecule has 0 saturated carbocycles. The number of nitro groups is 1. The molecule has 106 valence electrons. The summed E-state index contributed by atoms with van der Waals surface area (Å²) in [6, 6.07) is 5.24. The van der Waals surface area contributed by atoms with Crippen LogP contribution in [0, 0.1) is 10.1 Å². The van der Waals surface area contributed by atoms with E-state index in [0.29, 0.717) is 23.2 Å². The van der Waals surface area contributed by atoms with E-state index >= 15 is 0 Å². The Kier molecular flexibility index (Phi) is 3.51. The second-order valence-corrected chi connectivity index (χ2v) is 4.96. The Morgan fingerprint density at radius 1 is 1.50 bits per heavy atom. The number of nitro benzene ring substituents is 1. The Balaban J connectivity index is 1.70. The molecule has 3 rings (SSSR count). The van der Waals surface area contributed by atoms with Crippen molar-refractivity contribution >= 4 is 22.8 Å². The maximum absolute atomic E-state index is 10.7. The Morgan fingerprint density at radius 3 is 3.15 bits per heavy atom. The minimum atomic E-state index is -0.437. The first-order chi connectivity index (χ1) is 9.72. The number of rotatable bonds is 4. The molecule has 0 unspecified atom stereocenters. The van der Waals surface area contributed by atoms with E-state index in [2.05, 4.69) is 15.6 Å². The zero-order valence-electron chi connectivity index (χ0n) is 11.0. The molecule has 0 radical (unpaired) electrons. The first-order valence-corrected chi connectivity index (χ1v) is 6.74. The Bertz CT molecular complexity index is 619. The summed E-state index contributed by atoms with van der Waals surface area (Å²) in [4.78, 5) is 14.5. The van der Waals surface area contributed by atoms with E-state index in [1.165, 1.54) is 25.0 Å². The van der Waals surface area contributed by atoms with Crippen molar-refractivity contribution < 1.29 is 9.34 Å². The molecule has 1 atom stereocenters. The van der Waals surface area contributed by atoms with Crippen LogP contribution in [0.1, 0.15) is 19.3 Å². The van der Waals surface area contributed by atoms with Gasteiger partial charge in [-0.05, 0) is 25.5 Å². The average molecular weight is 276 g/mol. The summed E-state index contributed by atoms with van der Waals surface area (Å²) in [5, 5.41) is 17.3. The monoisotopic (exact) mass is 276 g/mol. The minimum absolute atomic E-state index is 0.0197. The summed E-state index contributed by atoms with van der Waals surface area (Å²) >= 11 is 0. The summed E-state index contributed by atoms with van der Waals surface area (Å²) in [7, 11) is 0. The fraction of sp³-hybridized carbons (Fsp3) is 0.462. The van der Waals surface area contributed by atoms with Crippen LogP contribution in [0.4, 0.5) is 11.7 Å². The lowest BCUT2D eigenvalue weighted by molar-refractivity contribution is -0.384. The lowest BCUT2D eigenvalue weighted by atomic mass is 10.1. The lowest BCUT2D eigenvalue weighted by Crippen LogP contribution is -2.39. The molecule has 2 N–H and O–H groups in total. The van der Waals surface area contributed by atoms with Crippen molar-refractivity contribution in [1.82, 2.24) is 10.3 Å². The number of fused-ring (bicyclic) bond motifs is 1. The molecule has 20 heavy (non-hydrogen) atoms. The molecule has 1 aliphatic heterocycles. The normalized spacial score (nSPS) is 19.1. The van der Waals surface area contributed by atoms with Crippen molar-refractivity contribution in [3.05, 3.63) is 28.3 Å². The number of hydrogen-bond donors (Lipinski definition) is 2. The van der Waals surface area contributed by atoms with Gasteiger partial charge < -0.3 is 15.1 Å². The van der Waals surface area contributed by atoms with Crippen LogP contribution >= 0.6 is 0 Å². The van der Waals surface area contributed by atoms with Crippen LogP contribution in [0.25, 0.3) is 11.1 Å². The SMILES string of the molecule is O=[N+]([O-])c1ccc2oc(NC[C@@H]3CCCCN3)nc2c1. The molecule has 0 aliphatic carbocycles. The average Bonchev–Trinajstić information content (AvgIpc) is 2.88. The lowest BCUT2D eigenvalue weighted by Gasteiger charge is -2.23. The number of nitrogens with one attached hydrogen (secondary N) is 2. The number of benzene rings is 1. The van der Waals surface area contributed by atoms with Crippen LogP contribution in [0.15, 0.2) is 22.6 Å². The third kappa shape index (κ3) is 2.72. The van der Waals surface area contributed by atoms with Crippen molar-refractivity contribution in [3.8, 4) is 0 Å². The van der Waals surface area contributed by atoms with Crippen LogP contribution in [-0.4, -0.2) is 29.0 Å². The van der Waals surface area contributed by atoms with Gasteiger partial charge in [0.2, 0.25) is 0 Å². The van der Waals surface area contributed by atoms with Crippen molar-refractivity contribution in [2.24, 2.45) is 0 Å². The largest absolute Gasteiger partial charge is 0.424 e. The number of anilines is 1. The summed E-state index contributed by atoms with van der Waals surface area (Å²) in [5.41, 5.74) is 1.07. The van der Waals surface area contributed by atoms with Crippen molar-refractivity contribution in [3.63, 3.8) is 0 Å². The van der Waals surface area contributed by atoms with Gasteiger partial charge in [0.1, 0.15) is 5.52 Å². The minimum Gasteiger partial charge on any atom is -0.424 e. The van der Waals surface area contributed by atoms with Gasteiger partial charge in [-0.25, -0.2) is 0 Å². The molecule has 2 aromatic rings. The molecular formula is C13H16N4O3. The smallest absolute Gasteiger partial charge is 0.295 e. The number of hydrogen-bond acceptors (Lipinski definition) is 6. The van der Waals surface area contributed by atoms with Crippen LogP contribution in [0.2, 0.25) is 0 Å². The molecule has 0 amide bonds. The van der Waals surface area contributed by atoms with Gasteiger partial charge in [-0.3, -0.25) is 10.1 Å². The molecule has 7 nitrogen and oxygen atoms in total. The second kappa shape index (κ2) is 5.46. The van der Waals surface area contributed by atoms with Gasteiger partial charge >= 0.3 is 0 Å². The third-order valence-corrected chi connectivity index (χ3v) is 3.49. The highest BCUT2D eigenvalue weighted by atomic mass is 16.6. The number of aromatic nitrogens is 1. The van der Waals surface area contributed by atoms with Crippen LogP contribution < -0.4 is 10.6 Å². The Hall–Kier alpha value is -2.15. The Morgan fingerprint density at radius 2 is 2.40 bits per heavy atom. The van der Waals surface area contributed by atoms with Gasteiger partial charge in [-0.15, -0.1) is 0 Å². The quantitative estimate of drug-likeness (QED) is 0.657. The van der Waals surface area contributed by atoms with E-state index in [-0.39, 0.29) is 5.69 Å². The van der Waals surface area contributed by atoms with Crippen LogP contribution in [-0.2, 0) is 0 Å². The highest BCUT2D eigenvalue weighted by molar-refractivity contribution is 5.77. The first-order valence-electron chi connectivity index (χ1n) is 6.74. The van der Waals surface area contributed by atoms with Crippen molar-refractivity contribution in [2.45, 2.75) is 25.3 Å². The first kappa shape index (κ1) is 12.9. The van der Waals surface area contributed by atoms with Crippen LogP contribution in [0.3, 0.4) is 0 Å². The zero-order valence-corrected chi connectivity index (χ0v) is 11.0. The van der Waals surface area contributed by atoms with E-state index in [4.69, 9.17) is 4.42 Å². The molecule has 0 bridgehead atoms. The van der Waals surface area contributed by atoms with Gasteiger partial charge in [0, 0.05) is 24.7 Å². The number of nitrogens with zero attached hydrogens (tertiary/aromatic N) is 2. The number of oxazole rings is 1. The van der Waals surface area contributed by atoms with E-state index in [1.54, 1.807) is 6.07 Å². The number of non-ortho nitro benzene ring substituents is 1. The third-order valence-electron chi connectivity index (χ3n) is 3.49. The molecule has 1 saturated heterocycles. The topological polar surface area (TPSA) is 93.2 Å². The highest BCUT2D eigenvalue weighted by Gasteiger charge is 2.15. The van der Waals surface area contributed by atoms with E-state index in [0.717, 1.165) is 19.5 Å². The second-order valence-electron chi connectivity index (χ2n) is 4.96.